The van der Waals surface area contributed by atoms with Crippen LogP contribution in [0, 0.1) is 6.92 Å². The van der Waals surface area contributed by atoms with Gasteiger partial charge >= 0.3 is 0 Å². The van der Waals surface area contributed by atoms with E-state index in [9.17, 15) is 4.79 Å². The average molecular weight is 390 g/mol. The van der Waals surface area contributed by atoms with Gasteiger partial charge in [0.1, 0.15) is 17.7 Å². The number of amides is 1. The van der Waals surface area contributed by atoms with Gasteiger partial charge in [-0.3, -0.25) is 9.69 Å². The normalized spacial score (nSPS) is 17.1. The van der Waals surface area contributed by atoms with Gasteiger partial charge in [0, 0.05) is 24.5 Å². The van der Waals surface area contributed by atoms with Crippen LogP contribution < -0.4 is 4.74 Å². The molecule has 1 aromatic heterocycles. The number of rotatable bonds is 6. The van der Waals surface area contributed by atoms with Crippen molar-refractivity contribution in [3.63, 3.8) is 0 Å². The van der Waals surface area contributed by atoms with Crippen LogP contribution in [0.1, 0.15) is 23.1 Å². The number of benzene rings is 2. The number of para-hydroxylation sites is 1. The van der Waals surface area contributed by atoms with Gasteiger partial charge in [0.05, 0.1) is 19.3 Å². The second-order valence-corrected chi connectivity index (χ2v) is 7.38. The van der Waals surface area contributed by atoms with Crippen LogP contribution in [0.15, 0.2) is 60.9 Å². The van der Waals surface area contributed by atoms with E-state index in [-0.39, 0.29) is 12.1 Å². The first-order chi connectivity index (χ1) is 14.1. The van der Waals surface area contributed by atoms with Gasteiger partial charge in [-0.05, 0) is 44.2 Å². The summed E-state index contributed by atoms with van der Waals surface area (Å²) < 4.78 is 7.31. The molecule has 150 valence electrons. The lowest BCUT2D eigenvalue weighted by Crippen LogP contribution is -2.33. The summed E-state index contributed by atoms with van der Waals surface area (Å²) in [6.07, 6.45) is 4.47. The molecule has 1 unspecified atom stereocenters. The van der Waals surface area contributed by atoms with E-state index in [1.807, 2.05) is 49.3 Å². The molecule has 1 saturated heterocycles. The average Bonchev–Trinajstić information content (AvgIpc) is 3.28. The number of likely N-dealkylation sites (N-methyl/N-ethyl adjacent to an activating group) is 1. The molecule has 0 spiro atoms. The zero-order valence-corrected chi connectivity index (χ0v) is 17.1. The van der Waals surface area contributed by atoms with Crippen molar-refractivity contribution in [3.05, 3.63) is 77.9 Å². The summed E-state index contributed by atoms with van der Waals surface area (Å²) in [5.41, 5.74) is 3.35. The fraction of sp³-hybridized carbons (Fsp3) is 0.304. The number of hydrogen-bond acceptors (Lipinski definition) is 4. The van der Waals surface area contributed by atoms with E-state index in [1.54, 1.807) is 13.3 Å². The predicted octanol–water partition coefficient (Wildman–Crippen LogP) is 3.20. The van der Waals surface area contributed by atoms with Crippen LogP contribution in [0.25, 0.3) is 5.69 Å². The van der Waals surface area contributed by atoms with Crippen LogP contribution in [0.2, 0.25) is 0 Å². The summed E-state index contributed by atoms with van der Waals surface area (Å²) in [4.78, 5) is 21.3. The highest BCUT2D eigenvalue weighted by molar-refractivity contribution is 5.81. The molecule has 6 nitrogen and oxygen atoms in total. The van der Waals surface area contributed by atoms with Crippen LogP contribution in [-0.4, -0.2) is 52.5 Å². The molecule has 1 aliphatic rings. The van der Waals surface area contributed by atoms with E-state index in [2.05, 4.69) is 38.7 Å². The van der Waals surface area contributed by atoms with Crippen LogP contribution in [-0.2, 0) is 11.2 Å². The first kappa shape index (κ1) is 19.2. The molecule has 0 saturated carbocycles. The zero-order valence-electron chi connectivity index (χ0n) is 17.1. The molecular weight excluding hydrogens is 364 g/mol. The van der Waals surface area contributed by atoms with Gasteiger partial charge in [-0.25, -0.2) is 4.98 Å². The third-order valence-electron chi connectivity index (χ3n) is 5.52. The number of methoxy groups -OCH3 is 1. The van der Waals surface area contributed by atoms with Crippen molar-refractivity contribution in [3.8, 4) is 11.4 Å². The summed E-state index contributed by atoms with van der Waals surface area (Å²) in [5, 5.41) is 0. The van der Waals surface area contributed by atoms with Gasteiger partial charge in [0.25, 0.3) is 0 Å². The molecule has 6 heteroatoms. The number of ether oxygens (including phenoxy) is 1. The molecule has 1 atom stereocenters. The van der Waals surface area contributed by atoms with Crippen molar-refractivity contribution in [2.45, 2.75) is 19.5 Å². The molecule has 4 rings (SSSR count). The number of aromatic nitrogens is 2. The van der Waals surface area contributed by atoms with Crippen LogP contribution in [0.3, 0.4) is 0 Å². The summed E-state index contributed by atoms with van der Waals surface area (Å²) in [6, 6.07) is 16.3. The van der Waals surface area contributed by atoms with Crippen molar-refractivity contribution >= 4 is 5.91 Å². The highest BCUT2D eigenvalue weighted by Crippen LogP contribution is 2.33. The Kier molecular flexibility index (Phi) is 5.36. The Bertz CT molecular complexity index is 996. The highest BCUT2D eigenvalue weighted by atomic mass is 16.5. The number of carbonyl (C=O) groups is 1. The zero-order chi connectivity index (χ0) is 20.4. The van der Waals surface area contributed by atoms with Gasteiger partial charge in [-0.1, -0.05) is 30.3 Å². The summed E-state index contributed by atoms with van der Waals surface area (Å²) in [5.74, 6) is 1.92. The predicted molar refractivity (Wildman–Crippen MR) is 112 cm³/mol. The molecule has 29 heavy (non-hydrogen) atoms. The highest BCUT2D eigenvalue weighted by Gasteiger charge is 2.37. The number of aryl methyl sites for hydroxylation is 1. The van der Waals surface area contributed by atoms with Crippen LogP contribution in [0.4, 0.5) is 0 Å². The SMILES string of the molecule is COc1ccc(CCN2C(=O)CN(C)C2c2ccccc2-n2ccnc2C)cc1. The minimum absolute atomic E-state index is 0.0984. The molecule has 1 aliphatic heterocycles. The lowest BCUT2D eigenvalue weighted by atomic mass is 10.1. The van der Waals surface area contributed by atoms with Crippen molar-refractivity contribution < 1.29 is 9.53 Å². The van der Waals surface area contributed by atoms with E-state index < -0.39 is 0 Å². The van der Waals surface area contributed by atoms with E-state index >= 15 is 0 Å². The Hall–Kier alpha value is -3.12. The van der Waals surface area contributed by atoms with Crippen LogP contribution >= 0.6 is 0 Å². The Morgan fingerprint density at radius 2 is 1.90 bits per heavy atom. The maximum absolute atomic E-state index is 12.8. The van der Waals surface area contributed by atoms with E-state index in [4.69, 9.17) is 4.74 Å². The monoisotopic (exact) mass is 390 g/mol. The molecule has 2 heterocycles. The van der Waals surface area contributed by atoms with Crippen LogP contribution in [0.5, 0.6) is 5.75 Å². The number of hydrogen-bond donors (Lipinski definition) is 0. The molecular formula is C23H26N4O2. The summed E-state index contributed by atoms with van der Waals surface area (Å²) >= 11 is 0. The van der Waals surface area contributed by atoms with Gasteiger partial charge in [0.15, 0.2) is 0 Å². The third-order valence-corrected chi connectivity index (χ3v) is 5.52. The number of carbonyl (C=O) groups excluding carboxylic acids is 1. The Labute approximate surface area is 171 Å². The molecule has 3 aromatic rings. The fourth-order valence-corrected chi connectivity index (χ4v) is 4.02. The van der Waals surface area contributed by atoms with Crippen molar-refractivity contribution in [1.82, 2.24) is 19.4 Å². The largest absolute Gasteiger partial charge is 0.497 e. The first-order valence-electron chi connectivity index (χ1n) is 9.80. The first-order valence-corrected chi connectivity index (χ1v) is 9.80. The standard InChI is InChI=1S/C23H26N4O2/c1-17-24-13-15-26(17)21-7-5-4-6-20(21)23-25(2)16-22(28)27(23)14-12-18-8-10-19(29-3)11-9-18/h4-11,13,15,23H,12,14,16H2,1-3H3. The minimum atomic E-state index is -0.0984. The quantitative estimate of drug-likeness (QED) is 0.649. The maximum atomic E-state index is 12.8. The second kappa shape index (κ2) is 8.09. The molecule has 0 bridgehead atoms. The van der Waals surface area contributed by atoms with E-state index in [0.29, 0.717) is 13.1 Å². The molecule has 1 fully saturated rings. The molecule has 0 radical (unpaired) electrons. The minimum Gasteiger partial charge on any atom is -0.497 e. The topological polar surface area (TPSA) is 50.6 Å². The smallest absolute Gasteiger partial charge is 0.238 e. The van der Waals surface area contributed by atoms with Gasteiger partial charge in [0.2, 0.25) is 5.91 Å². The van der Waals surface area contributed by atoms with Gasteiger partial charge in [-0.15, -0.1) is 0 Å². The second-order valence-electron chi connectivity index (χ2n) is 7.38. The molecule has 0 N–H and O–H groups in total. The maximum Gasteiger partial charge on any atom is 0.238 e. The summed E-state index contributed by atoms with van der Waals surface area (Å²) in [6.45, 7) is 3.07. The Morgan fingerprint density at radius 1 is 1.14 bits per heavy atom. The van der Waals surface area contributed by atoms with Crippen molar-refractivity contribution in [2.24, 2.45) is 0 Å². The number of imidazole rings is 1. The Morgan fingerprint density at radius 3 is 2.59 bits per heavy atom. The lowest BCUT2D eigenvalue weighted by molar-refractivity contribution is -0.128. The van der Waals surface area contributed by atoms with Gasteiger partial charge < -0.3 is 14.2 Å². The van der Waals surface area contributed by atoms with E-state index in [1.165, 1.54) is 5.56 Å². The Balaban J connectivity index is 1.62. The lowest BCUT2D eigenvalue weighted by Gasteiger charge is -2.30. The van der Waals surface area contributed by atoms with E-state index in [0.717, 1.165) is 29.2 Å². The molecule has 0 aliphatic carbocycles. The molecule has 1 amide bonds. The third kappa shape index (κ3) is 3.76. The van der Waals surface area contributed by atoms with Crippen molar-refractivity contribution in [1.29, 1.82) is 0 Å². The van der Waals surface area contributed by atoms with Gasteiger partial charge in [-0.2, -0.15) is 0 Å². The van der Waals surface area contributed by atoms with Crippen molar-refractivity contribution in [2.75, 3.05) is 27.2 Å². The molecule has 2 aromatic carbocycles. The fourth-order valence-electron chi connectivity index (χ4n) is 4.02. The number of nitrogens with zero attached hydrogens (tertiary/aromatic N) is 4. The summed E-state index contributed by atoms with van der Waals surface area (Å²) in [7, 11) is 3.67.